The van der Waals surface area contributed by atoms with Crippen molar-refractivity contribution in [3.63, 3.8) is 0 Å². The van der Waals surface area contributed by atoms with Crippen molar-refractivity contribution in [2.45, 2.75) is 17.6 Å². The van der Waals surface area contributed by atoms with Gasteiger partial charge < -0.3 is 15.0 Å². The lowest BCUT2D eigenvalue weighted by molar-refractivity contribution is -0.119. The van der Waals surface area contributed by atoms with Crippen LogP contribution in [-0.2, 0) is 9.53 Å². The third-order valence-electron chi connectivity index (χ3n) is 3.80. The Morgan fingerprint density at radius 3 is 2.56 bits per heavy atom. The first-order valence-electron chi connectivity index (χ1n) is 8.03. The van der Waals surface area contributed by atoms with Gasteiger partial charge in [0.1, 0.15) is 0 Å². The van der Waals surface area contributed by atoms with Crippen LogP contribution in [0.4, 0.5) is 14.5 Å². The molecule has 1 aromatic heterocycles. The lowest BCUT2D eigenvalue weighted by Crippen LogP contribution is -2.21. The normalized spacial score (nSPS) is 11.0. The summed E-state index contributed by atoms with van der Waals surface area (Å²) in [5.74, 6) is -3.61. The number of benzene rings is 2. The van der Waals surface area contributed by atoms with Crippen molar-refractivity contribution in [1.29, 1.82) is 0 Å². The Hall–Kier alpha value is -2.87. The second kappa shape index (κ2) is 8.22. The molecule has 3 aromatic rings. The average molecular weight is 390 g/mol. The molecule has 0 aliphatic carbocycles. The summed E-state index contributed by atoms with van der Waals surface area (Å²) < 4.78 is 29.7. The Morgan fingerprint density at radius 1 is 1.15 bits per heavy atom. The summed E-state index contributed by atoms with van der Waals surface area (Å²) in [5.41, 5.74) is 2.30. The highest BCUT2D eigenvalue weighted by atomic mass is 32.2. The van der Waals surface area contributed by atoms with Gasteiger partial charge in [0.2, 0.25) is 0 Å². The number of fused-ring (bicyclic) bond motifs is 1. The molecule has 0 atom stereocenters. The van der Waals surface area contributed by atoms with Gasteiger partial charge >= 0.3 is 5.97 Å². The summed E-state index contributed by atoms with van der Waals surface area (Å²) in [7, 11) is 0. The van der Waals surface area contributed by atoms with Gasteiger partial charge in [-0.05, 0) is 37.3 Å². The molecule has 0 bridgehead atoms. The van der Waals surface area contributed by atoms with Crippen LogP contribution in [0.5, 0.6) is 0 Å². The van der Waals surface area contributed by atoms with Crippen molar-refractivity contribution in [3.8, 4) is 0 Å². The van der Waals surface area contributed by atoms with Gasteiger partial charge in [-0.3, -0.25) is 4.79 Å². The molecule has 140 valence electrons. The number of carbonyl (C=O) groups is 2. The number of ether oxygens (including phenoxy) is 1. The third-order valence-corrected chi connectivity index (χ3v) is 4.52. The molecule has 0 aliphatic heterocycles. The standard InChI is InChI=1S/C19H16F2N2O3S/c1-11-17(14-4-2-3-5-15(14)22-11)18(25)26-10-16(24)23-12-6-8-13(9-7-12)27-19(20)21/h2-9,19,22H,10H2,1H3,(H,23,24). The molecular weight excluding hydrogens is 374 g/mol. The number of halogens is 2. The molecule has 0 spiro atoms. The fraction of sp³-hybridized carbons (Fsp3) is 0.158. The minimum absolute atomic E-state index is 0.393. The molecule has 0 unspecified atom stereocenters. The topological polar surface area (TPSA) is 71.2 Å². The van der Waals surface area contributed by atoms with Crippen LogP contribution in [0.2, 0.25) is 0 Å². The van der Waals surface area contributed by atoms with Crippen LogP contribution in [0.3, 0.4) is 0 Å². The Morgan fingerprint density at radius 2 is 1.85 bits per heavy atom. The largest absolute Gasteiger partial charge is 0.452 e. The molecule has 1 heterocycles. The Kier molecular flexibility index (Phi) is 5.75. The fourth-order valence-electron chi connectivity index (χ4n) is 2.66. The number of hydrogen-bond donors (Lipinski definition) is 2. The number of amides is 1. The lowest BCUT2D eigenvalue weighted by Gasteiger charge is -2.08. The van der Waals surface area contributed by atoms with Crippen molar-refractivity contribution in [3.05, 3.63) is 59.8 Å². The molecule has 3 rings (SSSR count). The van der Waals surface area contributed by atoms with Crippen molar-refractivity contribution >= 4 is 40.2 Å². The fourth-order valence-corrected chi connectivity index (χ4v) is 3.16. The van der Waals surface area contributed by atoms with Crippen molar-refractivity contribution < 1.29 is 23.1 Å². The summed E-state index contributed by atoms with van der Waals surface area (Å²) in [6, 6.07) is 13.3. The molecule has 0 saturated heterocycles. The average Bonchev–Trinajstić information content (AvgIpc) is 2.97. The van der Waals surface area contributed by atoms with Crippen molar-refractivity contribution in [2.24, 2.45) is 0 Å². The highest BCUT2D eigenvalue weighted by Crippen LogP contribution is 2.26. The predicted octanol–water partition coefficient (Wildman–Crippen LogP) is 4.59. The molecule has 0 radical (unpaired) electrons. The molecule has 0 aliphatic rings. The number of anilines is 1. The number of carbonyl (C=O) groups excluding carboxylic acids is 2. The zero-order valence-electron chi connectivity index (χ0n) is 14.3. The first-order chi connectivity index (χ1) is 12.9. The van der Waals surface area contributed by atoms with Crippen LogP contribution in [0.15, 0.2) is 53.4 Å². The number of hydrogen-bond acceptors (Lipinski definition) is 4. The number of H-pyrrole nitrogens is 1. The molecule has 0 fully saturated rings. The SMILES string of the molecule is Cc1[nH]c2ccccc2c1C(=O)OCC(=O)Nc1ccc(SC(F)F)cc1. The van der Waals surface area contributed by atoms with Crippen LogP contribution < -0.4 is 5.32 Å². The van der Waals surface area contributed by atoms with Gasteiger partial charge in [0.05, 0.1) is 5.56 Å². The number of aromatic nitrogens is 1. The molecule has 2 N–H and O–H groups in total. The molecule has 0 saturated carbocycles. The molecule has 8 heteroatoms. The van der Waals surface area contributed by atoms with E-state index in [4.69, 9.17) is 4.74 Å². The molecule has 1 amide bonds. The van der Waals surface area contributed by atoms with Gasteiger partial charge in [-0.2, -0.15) is 8.78 Å². The quantitative estimate of drug-likeness (QED) is 0.477. The van der Waals surface area contributed by atoms with Crippen LogP contribution in [0, 0.1) is 6.92 Å². The number of alkyl halides is 2. The van der Waals surface area contributed by atoms with Gasteiger partial charge in [-0.15, -0.1) is 0 Å². The third kappa shape index (κ3) is 4.65. The summed E-state index contributed by atoms with van der Waals surface area (Å²) in [6.07, 6.45) is 0. The van der Waals surface area contributed by atoms with Gasteiger partial charge in [0, 0.05) is 27.2 Å². The number of aromatic amines is 1. The molecule has 27 heavy (non-hydrogen) atoms. The van der Waals surface area contributed by atoms with E-state index in [1.54, 1.807) is 13.0 Å². The smallest absolute Gasteiger partial charge is 0.341 e. The van der Waals surface area contributed by atoms with E-state index in [-0.39, 0.29) is 0 Å². The summed E-state index contributed by atoms with van der Waals surface area (Å²) in [4.78, 5) is 27.8. The van der Waals surface area contributed by atoms with Crippen LogP contribution in [0.1, 0.15) is 16.1 Å². The zero-order chi connectivity index (χ0) is 19.4. The monoisotopic (exact) mass is 390 g/mol. The minimum atomic E-state index is -2.50. The Balaban J connectivity index is 1.58. The number of para-hydroxylation sites is 1. The minimum Gasteiger partial charge on any atom is -0.452 e. The van der Waals surface area contributed by atoms with E-state index in [2.05, 4.69) is 10.3 Å². The highest BCUT2D eigenvalue weighted by Gasteiger charge is 2.18. The maximum Gasteiger partial charge on any atom is 0.341 e. The van der Waals surface area contributed by atoms with Gasteiger partial charge in [-0.1, -0.05) is 30.0 Å². The van der Waals surface area contributed by atoms with Crippen LogP contribution in [0.25, 0.3) is 10.9 Å². The van der Waals surface area contributed by atoms with E-state index in [9.17, 15) is 18.4 Å². The first kappa shape index (κ1) is 18.9. The summed E-state index contributed by atoms with van der Waals surface area (Å²) >= 11 is 0.422. The number of aryl methyl sites for hydroxylation is 1. The van der Waals surface area contributed by atoms with E-state index in [0.29, 0.717) is 33.6 Å². The van der Waals surface area contributed by atoms with E-state index in [1.807, 2.05) is 18.2 Å². The lowest BCUT2D eigenvalue weighted by atomic mass is 10.1. The second-order valence-corrected chi connectivity index (χ2v) is 6.76. The van der Waals surface area contributed by atoms with E-state index < -0.39 is 24.2 Å². The van der Waals surface area contributed by atoms with Gasteiger partial charge in [-0.25, -0.2) is 4.79 Å². The second-order valence-electron chi connectivity index (χ2n) is 5.70. The summed E-state index contributed by atoms with van der Waals surface area (Å²) in [5, 5.41) is 3.28. The maximum absolute atomic E-state index is 12.3. The number of rotatable bonds is 6. The molecule has 2 aromatic carbocycles. The Bertz CT molecular complexity index is 971. The maximum atomic E-state index is 12.3. The van der Waals surface area contributed by atoms with Crippen LogP contribution in [-0.4, -0.2) is 29.2 Å². The molecular formula is C19H16F2N2O3S. The van der Waals surface area contributed by atoms with E-state index in [0.717, 1.165) is 10.9 Å². The van der Waals surface area contributed by atoms with Crippen molar-refractivity contribution in [2.75, 3.05) is 11.9 Å². The van der Waals surface area contributed by atoms with E-state index >= 15 is 0 Å². The van der Waals surface area contributed by atoms with E-state index in [1.165, 1.54) is 24.3 Å². The van der Waals surface area contributed by atoms with Crippen LogP contribution >= 0.6 is 11.8 Å². The van der Waals surface area contributed by atoms with Gasteiger partial charge in [0.25, 0.3) is 11.7 Å². The van der Waals surface area contributed by atoms with Gasteiger partial charge in [0.15, 0.2) is 6.61 Å². The first-order valence-corrected chi connectivity index (χ1v) is 8.91. The number of nitrogens with one attached hydrogen (secondary N) is 2. The Labute approximate surface area is 158 Å². The number of esters is 1. The highest BCUT2D eigenvalue weighted by molar-refractivity contribution is 7.99. The zero-order valence-corrected chi connectivity index (χ0v) is 15.1. The predicted molar refractivity (Wildman–Crippen MR) is 100 cm³/mol. The van der Waals surface area contributed by atoms with Crippen molar-refractivity contribution in [1.82, 2.24) is 4.98 Å². The molecule has 5 nitrogen and oxygen atoms in total. The summed E-state index contributed by atoms with van der Waals surface area (Å²) in [6.45, 7) is 1.31. The number of thioether (sulfide) groups is 1.